The number of hydrogen-bond donors (Lipinski definition) is 1. The number of nitriles is 1. The maximum absolute atomic E-state index is 12.8. The Morgan fingerprint density at radius 3 is 2.90 bits per heavy atom. The van der Waals surface area contributed by atoms with E-state index in [0.29, 0.717) is 33.6 Å². The Balaban J connectivity index is 1.55. The van der Waals surface area contributed by atoms with Gasteiger partial charge in [-0.25, -0.2) is 9.78 Å². The minimum Gasteiger partial charge on any atom is -0.448 e. The van der Waals surface area contributed by atoms with Gasteiger partial charge in [0.05, 0.1) is 16.6 Å². The fraction of sp³-hybridized carbons (Fsp3) is 0.286. The molecule has 0 fully saturated rings. The Morgan fingerprint density at radius 2 is 2.13 bits per heavy atom. The fourth-order valence-corrected chi connectivity index (χ4v) is 4.54. The Kier molecular flexibility index (Phi) is 5.10. The number of anilines is 1. The fourth-order valence-electron chi connectivity index (χ4n) is 3.46. The Hall–Kier alpha value is -3.51. The predicted molar refractivity (Wildman–Crippen MR) is 112 cm³/mol. The number of carbonyl (C=O) groups is 2. The van der Waals surface area contributed by atoms with E-state index in [2.05, 4.69) is 10.3 Å². The van der Waals surface area contributed by atoms with Gasteiger partial charge in [0.2, 0.25) is 0 Å². The van der Waals surface area contributed by atoms with Crippen molar-refractivity contribution in [2.75, 3.05) is 5.32 Å². The van der Waals surface area contributed by atoms with Crippen molar-refractivity contribution >= 4 is 39.1 Å². The van der Waals surface area contributed by atoms with Crippen LogP contribution < -0.4 is 10.9 Å². The quantitative estimate of drug-likeness (QED) is 0.647. The summed E-state index contributed by atoms with van der Waals surface area (Å²) in [6, 6.07) is 8.55. The van der Waals surface area contributed by atoms with E-state index in [1.807, 2.05) is 6.07 Å². The molecular weight excluding hydrogens is 404 g/mol. The van der Waals surface area contributed by atoms with Crippen molar-refractivity contribution < 1.29 is 14.3 Å². The largest absolute Gasteiger partial charge is 0.448 e. The van der Waals surface area contributed by atoms with Crippen molar-refractivity contribution in [2.45, 2.75) is 39.3 Å². The number of ether oxygens (including phenoxy) is 1. The van der Waals surface area contributed by atoms with Crippen LogP contribution in [0.15, 0.2) is 29.1 Å². The highest BCUT2D eigenvalue weighted by molar-refractivity contribution is 7.20. The first-order valence-electron chi connectivity index (χ1n) is 9.44. The number of carbonyl (C=O) groups excluding carboxylic acids is 2. The van der Waals surface area contributed by atoms with Gasteiger partial charge in [0.15, 0.2) is 6.10 Å². The minimum absolute atomic E-state index is 0.140. The number of fused-ring (bicyclic) bond motifs is 2. The molecule has 1 aromatic carbocycles. The molecular formula is C21H18N4O4S. The molecule has 2 aromatic heterocycles. The van der Waals surface area contributed by atoms with Crippen molar-refractivity contribution in [2.24, 2.45) is 0 Å². The summed E-state index contributed by atoms with van der Waals surface area (Å²) in [6.45, 7) is 3.77. The van der Waals surface area contributed by atoms with Crippen molar-refractivity contribution in [3.63, 3.8) is 0 Å². The lowest BCUT2D eigenvalue weighted by molar-refractivity contribution is -0.123. The summed E-state index contributed by atoms with van der Waals surface area (Å²) in [4.78, 5) is 43.2. The smallest absolute Gasteiger partial charge is 0.349 e. The number of rotatable bonds is 4. The first kappa shape index (κ1) is 19.8. The van der Waals surface area contributed by atoms with E-state index in [0.717, 1.165) is 30.0 Å². The molecule has 0 saturated carbocycles. The second-order valence-corrected chi connectivity index (χ2v) is 8.02. The molecule has 1 amide bonds. The van der Waals surface area contributed by atoms with Crippen molar-refractivity contribution in [1.29, 1.82) is 5.26 Å². The third kappa shape index (κ3) is 3.35. The van der Waals surface area contributed by atoms with Gasteiger partial charge in [0, 0.05) is 13.0 Å². The van der Waals surface area contributed by atoms with Gasteiger partial charge in [0.1, 0.15) is 21.6 Å². The minimum atomic E-state index is -1.09. The highest BCUT2D eigenvalue weighted by atomic mass is 32.1. The molecule has 3 aromatic rings. The van der Waals surface area contributed by atoms with Crippen LogP contribution in [-0.4, -0.2) is 27.5 Å². The number of benzene rings is 1. The molecule has 9 heteroatoms. The number of aromatic nitrogens is 2. The van der Waals surface area contributed by atoms with Crippen molar-refractivity contribution in [1.82, 2.24) is 9.55 Å². The van der Waals surface area contributed by atoms with E-state index in [-0.39, 0.29) is 10.4 Å². The van der Waals surface area contributed by atoms with Crippen LogP contribution in [-0.2, 0) is 22.5 Å². The number of thiophene rings is 1. The third-order valence-corrected chi connectivity index (χ3v) is 6.22. The van der Waals surface area contributed by atoms with Crippen LogP contribution in [0.2, 0.25) is 0 Å². The average molecular weight is 422 g/mol. The van der Waals surface area contributed by atoms with Crippen LogP contribution in [0.3, 0.4) is 0 Å². The highest BCUT2D eigenvalue weighted by Gasteiger charge is 2.26. The van der Waals surface area contributed by atoms with E-state index < -0.39 is 18.0 Å². The van der Waals surface area contributed by atoms with E-state index in [9.17, 15) is 14.4 Å². The lowest BCUT2D eigenvalue weighted by Crippen LogP contribution is -2.30. The summed E-state index contributed by atoms with van der Waals surface area (Å²) in [5, 5.41) is 12.2. The van der Waals surface area contributed by atoms with Crippen LogP contribution in [0.5, 0.6) is 0 Å². The molecule has 1 atom stereocenters. The van der Waals surface area contributed by atoms with E-state index >= 15 is 0 Å². The Morgan fingerprint density at radius 1 is 1.37 bits per heavy atom. The summed E-state index contributed by atoms with van der Waals surface area (Å²) in [7, 11) is 0. The molecule has 152 valence electrons. The van der Waals surface area contributed by atoms with Crippen LogP contribution >= 0.6 is 11.3 Å². The normalized spacial score (nSPS) is 13.5. The van der Waals surface area contributed by atoms with Crippen molar-refractivity contribution in [3.8, 4) is 6.07 Å². The molecule has 0 bridgehead atoms. The lowest BCUT2D eigenvalue weighted by atomic mass is 10.2. The second kappa shape index (κ2) is 7.72. The number of nitrogens with one attached hydrogen (secondary N) is 1. The lowest BCUT2D eigenvalue weighted by Gasteiger charge is -2.14. The zero-order valence-electron chi connectivity index (χ0n) is 16.4. The second-order valence-electron chi connectivity index (χ2n) is 7.02. The molecule has 3 heterocycles. The van der Waals surface area contributed by atoms with Gasteiger partial charge in [-0.05, 0) is 38.0 Å². The van der Waals surface area contributed by atoms with Gasteiger partial charge < -0.3 is 10.1 Å². The molecule has 8 nitrogen and oxygen atoms in total. The van der Waals surface area contributed by atoms with Gasteiger partial charge in [-0.1, -0.05) is 12.1 Å². The number of para-hydroxylation sites is 1. The molecule has 0 saturated heterocycles. The standard InChI is InChI=1S/C21H18N4O4S/c1-11-16-19(24-15-8-5-9-25(15)20(16)27)30-17(11)21(28)29-12(2)18(26)23-14-7-4-3-6-13(14)10-22/h3-4,6-7,12H,5,8-9H2,1-2H3,(H,23,26). The zero-order chi connectivity index (χ0) is 21.4. The monoisotopic (exact) mass is 422 g/mol. The molecule has 4 rings (SSSR count). The van der Waals surface area contributed by atoms with E-state index in [1.54, 1.807) is 35.8 Å². The zero-order valence-corrected chi connectivity index (χ0v) is 17.2. The topological polar surface area (TPSA) is 114 Å². The predicted octanol–water partition coefficient (Wildman–Crippen LogP) is 2.77. The summed E-state index contributed by atoms with van der Waals surface area (Å²) in [5.41, 5.74) is 1.03. The summed E-state index contributed by atoms with van der Waals surface area (Å²) >= 11 is 1.10. The molecule has 1 unspecified atom stereocenters. The summed E-state index contributed by atoms with van der Waals surface area (Å²) < 4.78 is 6.99. The van der Waals surface area contributed by atoms with Gasteiger partial charge in [-0.15, -0.1) is 11.3 Å². The maximum Gasteiger partial charge on any atom is 0.349 e. The van der Waals surface area contributed by atoms with Gasteiger partial charge in [-0.3, -0.25) is 14.2 Å². The maximum atomic E-state index is 12.8. The van der Waals surface area contributed by atoms with Crippen molar-refractivity contribution in [3.05, 3.63) is 56.4 Å². The first-order valence-corrected chi connectivity index (χ1v) is 10.3. The number of amides is 1. The SMILES string of the molecule is Cc1c(C(=O)OC(C)C(=O)Nc2ccccc2C#N)sc2nc3n(c(=O)c12)CCC3. The summed E-state index contributed by atoms with van der Waals surface area (Å²) in [5.74, 6) is -0.504. The summed E-state index contributed by atoms with van der Waals surface area (Å²) in [6.07, 6.45) is 0.533. The Labute approximate surface area is 175 Å². The van der Waals surface area contributed by atoms with Gasteiger partial charge in [0.25, 0.3) is 11.5 Å². The van der Waals surface area contributed by atoms with Crippen LogP contribution in [0.25, 0.3) is 10.2 Å². The van der Waals surface area contributed by atoms with Crippen LogP contribution in [0.1, 0.15) is 40.0 Å². The number of nitrogens with zero attached hydrogens (tertiary/aromatic N) is 3. The highest BCUT2D eigenvalue weighted by Crippen LogP contribution is 2.29. The molecule has 1 aliphatic heterocycles. The van der Waals surface area contributed by atoms with Crippen LogP contribution in [0.4, 0.5) is 5.69 Å². The van der Waals surface area contributed by atoms with Gasteiger partial charge >= 0.3 is 5.97 Å². The molecule has 0 aliphatic carbocycles. The van der Waals surface area contributed by atoms with Gasteiger partial charge in [-0.2, -0.15) is 5.26 Å². The van der Waals surface area contributed by atoms with E-state index in [1.165, 1.54) is 6.92 Å². The molecule has 0 spiro atoms. The average Bonchev–Trinajstić information content (AvgIpc) is 3.33. The number of hydrogen-bond acceptors (Lipinski definition) is 7. The number of aryl methyl sites for hydroxylation is 2. The number of esters is 1. The van der Waals surface area contributed by atoms with Crippen LogP contribution in [0, 0.1) is 18.3 Å². The molecule has 1 aliphatic rings. The molecule has 30 heavy (non-hydrogen) atoms. The molecule has 1 N–H and O–H groups in total. The first-order chi connectivity index (χ1) is 14.4. The Bertz CT molecular complexity index is 1280. The third-order valence-electron chi connectivity index (χ3n) is 5.06. The van der Waals surface area contributed by atoms with E-state index in [4.69, 9.17) is 10.00 Å². The molecule has 0 radical (unpaired) electrons.